The predicted molar refractivity (Wildman–Crippen MR) is 102 cm³/mol. The second kappa shape index (κ2) is 7.38. The number of para-hydroxylation sites is 1. The summed E-state index contributed by atoms with van der Waals surface area (Å²) in [4.78, 5) is 12.6. The van der Waals surface area contributed by atoms with E-state index in [-0.39, 0.29) is 0 Å². The smallest absolute Gasteiger partial charge is 0.0499 e. The van der Waals surface area contributed by atoms with Crippen molar-refractivity contribution in [3.63, 3.8) is 0 Å². The van der Waals surface area contributed by atoms with Crippen molar-refractivity contribution in [2.45, 2.75) is 19.5 Å². The Morgan fingerprint density at radius 2 is 2.20 bits per heavy atom. The first kappa shape index (κ1) is 16.3. The van der Waals surface area contributed by atoms with Gasteiger partial charge in [-0.1, -0.05) is 24.3 Å². The molecule has 1 aliphatic heterocycles. The van der Waals surface area contributed by atoms with Gasteiger partial charge in [-0.2, -0.15) is 0 Å². The number of fused-ring (bicyclic) bond motifs is 1. The average Bonchev–Trinajstić information content (AvgIpc) is 3.25. The van der Waals surface area contributed by atoms with Crippen LogP contribution in [-0.2, 0) is 13.1 Å². The number of benzene rings is 1. The summed E-state index contributed by atoms with van der Waals surface area (Å²) < 4.78 is 0. The van der Waals surface area contributed by atoms with E-state index in [0.717, 1.165) is 25.6 Å². The molecule has 1 saturated heterocycles. The highest BCUT2D eigenvalue weighted by atomic mass is 15.2. The van der Waals surface area contributed by atoms with E-state index < -0.39 is 0 Å². The van der Waals surface area contributed by atoms with Crippen molar-refractivity contribution in [2.24, 2.45) is 5.92 Å². The summed E-state index contributed by atoms with van der Waals surface area (Å²) >= 11 is 0. The van der Waals surface area contributed by atoms with E-state index in [2.05, 4.69) is 57.1 Å². The summed E-state index contributed by atoms with van der Waals surface area (Å²) in [5, 5.41) is 1.31. The minimum Gasteiger partial charge on any atom is -0.361 e. The van der Waals surface area contributed by atoms with E-state index in [9.17, 15) is 0 Å². The van der Waals surface area contributed by atoms with Crippen molar-refractivity contribution in [1.82, 2.24) is 19.8 Å². The Kier molecular flexibility index (Phi) is 4.81. The summed E-state index contributed by atoms with van der Waals surface area (Å²) in [7, 11) is 2.22. The van der Waals surface area contributed by atoms with Gasteiger partial charge in [-0.15, -0.1) is 0 Å². The zero-order valence-electron chi connectivity index (χ0n) is 14.9. The molecular formula is C21H26N4. The van der Waals surface area contributed by atoms with Crippen LogP contribution in [0.3, 0.4) is 0 Å². The average molecular weight is 334 g/mol. The molecule has 0 saturated carbocycles. The topological polar surface area (TPSA) is 35.2 Å². The zero-order valence-corrected chi connectivity index (χ0v) is 14.9. The molecule has 25 heavy (non-hydrogen) atoms. The first-order valence-corrected chi connectivity index (χ1v) is 9.13. The molecule has 0 bridgehead atoms. The fourth-order valence-corrected chi connectivity index (χ4v) is 4.04. The molecule has 0 unspecified atom stereocenters. The van der Waals surface area contributed by atoms with E-state index in [1.807, 2.05) is 24.7 Å². The largest absolute Gasteiger partial charge is 0.361 e. The normalized spacial score (nSPS) is 18.4. The number of hydrogen-bond donors (Lipinski definition) is 1. The lowest BCUT2D eigenvalue weighted by molar-refractivity contribution is 0.255. The lowest BCUT2D eigenvalue weighted by Crippen LogP contribution is -2.28. The Bertz CT molecular complexity index is 811. The molecule has 1 atom stereocenters. The third-order valence-corrected chi connectivity index (χ3v) is 5.18. The number of rotatable bonds is 6. The van der Waals surface area contributed by atoms with E-state index in [4.69, 9.17) is 0 Å². The maximum atomic E-state index is 4.21. The van der Waals surface area contributed by atoms with Crippen molar-refractivity contribution in [2.75, 3.05) is 26.7 Å². The van der Waals surface area contributed by atoms with Gasteiger partial charge in [0.25, 0.3) is 0 Å². The molecule has 2 aromatic heterocycles. The van der Waals surface area contributed by atoms with Gasteiger partial charge < -0.3 is 9.88 Å². The van der Waals surface area contributed by atoms with Crippen LogP contribution in [0.4, 0.5) is 0 Å². The molecule has 4 rings (SSSR count). The van der Waals surface area contributed by atoms with Crippen LogP contribution in [0.1, 0.15) is 17.5 Å². The van der Waals surface area contributed by atoms with Crippen molar-refractivity contribution in [3.8, 4) is 0 Å². The van der Waals surface area contributed by atoms with Crippen molar-refractivity contribution in [1.29, 1.82) is 0 Å². The molecular weight excluding hydrogens is 308 g/mol. The molecule has 4 nitrogen and oxygen atoms in total. The van der Waals surface area contributed by atoms with Crippen LogP contribution in [0.2, 0.25) is 0 Å². The molecule has 1 aliphatic rings. The lowest BCUT2D eigenvalue weighted by atomic mass is 10.1. The van der Waals surface area contributed by atoms with E-state index >= 15 is 0 Å². The van der Waals surface area contributed by atoms with Gasteiger partial charge in [0.1, 0.15) is 0 Å². The summed E-state index contributed by atoms with van der Waals surface area (Å²) in [5.74, 6) is 0.754. The van der Waals surface area contributed by atoms with Gasteiger partial charge in [-0.3, -0.25) is 9.88 Å². The number of likely N-dealkylation sites (tertiary alicyclic amines) is 1. The Morgan fingerprint density at radius 3 is 3.08 bits per heavy atom. The quantitative estimate of drug-likeness (QED) is 0.749. The minimum absolute atomic E-state index is 0.754. The van der Waals surface area contributed by atoms with Gasteiger partial charge >= 0.3 is 0 Å². The molecule has 0 amide bonds. The first-order chi connectivity index (χ1) is 12.3. The highest BCUT2D eigenvalue weighted by molar-refractivity contribution is 5.82. The maximum absolute atomic E-state index is 4.21. The van der Waals surface area contributed by atoms with Crippen LogP contribution in [0, 0.1) is 5.92 Å². The van der Waals surface area contributed by atoms with Gasteiger partial charge in [-0.05, 0) is 54.6 Å². The number of H-pyrrole nitrogens is 1. The highest BCUT2D eigenvalue weighted by Crippen LogP contribution is 2.23. The standard InChI is InChI=1S/C21H26N4/c1-24(13-17-4-3-9-22-12-17)14-18-8-11-25(15-18)16-20-6-2-5-19-7-10-23-21(19)20/h2-7,9-10,12,18,23H,8,11,13-16H2,1H3/t18-/m1/s1. The molecule has 0 spiro atoms. The van der Waals surface area contributed by atoms with Gasteiger partial charge in [-0.25, -0.2) is 0 Å². The molecule has 1 aromatic carbocycles. The number of nitrogens with zero attached hydrogens (tertiary/aromatic N) is 3. The molecule has 0 radical (unpaired) electrons. The fraction of sp³-hybridized carbons (Fsp3) is 0.381. The van der Waals surface area contributed by atoms with Crippen LogP contribution < -0.4 is 0 Å². The summed E-state index contributed by atoms with van der Waals surface area (Å²) in [5.41, 5.74) is 3.99. The second-order valence-electron chi connectivity index (χ2n) is 7.31. The SMILES string of the molecule is CN(Cc1cccnc1)C[C@H]1CCN(Cc2cccc3cc[nH]c23)C1. The lowest BCUT2D eigenvalue weighted by Gasteiger charge is -2.21. The molecule has 130 valence electrons. The number of nitrogens with one attached hydrogen (secondary N) is 1. The van der Waals surface area contributed by atoms with Crippen LogP contribution in [-0.4, -0.2) is 46.4 Å². The Balaban J connectivity index is 1.31. The van der Waals surface area contributed by atoms with Crippen LogP contribution in [0.15, 0.2) is 55.0 Å². The minimum atomic E-state index is 0.754. The summed E-state index contributed by atoms with van der Waals surface area (Å²) in [6.45, 7) is 5.56. The fourth-order valence-electron chi connectivity index (χ4n) is 4.04. The van der Waals surface area contributed by atoms with Crippen LogP contribution >= 0.6 is 0 Å². The maximum Gasteiger partial charge on any atom is 0.0499 e. The summed E-state index contributed by atoms with van der Waals surface area (Å²) in [6, 6.07) is 12.9. The van der Waals surface area contributed by atoms with Gasteiger partial charge in [0.05, 0.1) is 0 Å². The summed E-state index contributed by atoms with van der Waals surface area (Å²) in [6.07, 6.45) is 7.13. The Hall–Kier alpha value is -2.17. The zero-order chi connectivity index (χ0) is 17.1. The molecule has 3 heterocycles. The third-order valence-electron chi connectivity index (χ3n) is 5.18. The number of hydrogen-bond acceptors (Lipinski definition) is 3. The van der Waals surface area contributed by atoms with Crippen LogP contribution in [0.5, 0.6) is 0 Å². The third kappa shape index (κ3) is 3.91. The molecule has 4 heteroatoms. The second-order valence-corrected chi connectivity index (χ2v) is 7.31. The van der Waals surface area contributed by atoms with Crippen molar-refractivity contribution in [3.05, 3.63) is 66.1 Å². The number of aromatic amines is 1. The Morgan fingerprint density at radius 1 is 1.24 bits per heavy atom. The number of pyridine rings is 1. The Labute approximate surface area is 149 Å². The van der Waals surface area contributed by atoms with Gasteiger partial charge in [0.2, 0.25) is 0 Å². The molecule has 1 fully saturated rings. The van der Waals surface area contributed by atoms with Gasteiger partial charge in [0.15, 0.2) is 0 Å². The van der Waals surface area contributed by atoms with E-state index in [1.165, 1.54) is 41.5 Å². The molecule has 3 aromatic rings. The molecule has 0 aliphatic carbocycles. The van der Waals surface area contributed by atoms with E-state index in [0.29, 0.717) is 0 Å². The first-order valence-electron chi connectivity index (χ1n) is 9.13. The van der Waals surface area contributed by atoms with E-state index in [1.54, 1.807) is 0 Å². The van der Waals surface area contributed by atoms with Gasteiger partial charge in [0, 0.05) is 50.3 Å². The van der Waals surface area contributed by atoms with Crippen LogP contribution in [0.25, 0.3) is 10.9 Å². The predicted octanol–water partition coefficient (Wildman–Crippen LogP) is 3.52. The highest BCUT2D eigenvalue weighted by Gasteiger charge is 2.24. The van der Waals surface area contributed by atoms with Crippen molar-refractivity contribution >= 4 is 10.9 Å². The monoisotopic (exact) mass is 334 g/mol. The van der Waals surface area contributed by atoms with Crippen molar-refractivity contribution < 1.29 is 0 Å². The number of aromatic nitrogens is 2. The molecule has 1 N–H and O–H groups in total.